The first kappa shape index (κ1) is 19.7. The SMILES string of the molecule is N#Cc1ccc(C(=O)OCC(=O)Nc2nc(-c3ccc(Br)cc3)cs2)c(F)c1. The molecular weight excluding hydrogens is 449 g/mol. The van der Waals surface area contributed by atoms with E-state index in [9.17, 15) is 14.0 Å². The summed E-state index contributed by atoms with van der Waals surface area (Å²) >= 11 is 4.59. The molecule has 0 radical (unpaired) electrons. The Hall–Kier alpha value is -3.09. The van der Waals surface area contributed by atoms with Gasteiger partial charge in [-0.05, 0) is 30.3 Å². The minimum absolute atomic E-state index is 0.0807. The fourth-order valence-corrected chi connectivity index (χ4v) is 3.20. The van der Waals surface area contributed by atoms with Gasteiger partial charge < -0.3 is 4.74 Å². The summed E-state index contributed by atoms with van der Waals surface area (Å²) in [4.78, 5) is 28.2. The first-order chi connectivity index (χ1) is 13.5. The normalized spacial score (nSPS) is 10.2. The summed E-state index contributed by atoms with van der Waals surface area (Å²) in [5.74, 6) is -2.48. The highest BCUT2D eigenvalue weighted by Crippen LogP contribution is 2.26. The minimum atomic E-state index is -0.994. The fourth-order valence-electron chi connectivity index (χ4n) is 2.20. The van der Waals surface area contributed by atoms with Crippen LogP contribution < -0.4 is 5.32 Å². The zero-order valence-corrected chi connectivity index (χ0v) is 16.5. The monoisotopic (exact) mass is 459 g/mol. The van der Waals surface area contributed by atoms with Crippen molar-refractivity contribution in [2.75, 3.05) is 11.9 Å². The fraction of sp³-hybridized carbons (Fsp3) is 0.0526. The van der Waals surface area contributed by atoms with E-state index in [4.69, 9.17) is 10.00 Å². The van der Waals surface area contributed by atoms with Gasteiger partial charge in [0.15, 0.2) is 11.7 Å². The smallest absolute Gasteiger partial charge is 0.341 e. The van der Waals surface area contributed by atoms with Crippen molar-refractivity contribution in [2.45, 2.75) is 0 Å². The number of carbonyl (C=O) groups is 2. The van der Waals surface area contributed by atoms with Crippen molar-refractivity contribution in [3.8, 4) is 17.3 Å². The number of anilines is 1. The Kier molecular flexibility index (Phi) is 6.13. The van der Waals surface area contributed by atoms with E-state index in [0.29, 0.717) is 10.8 Å². The van der Waals surface area contributed by atoms with Crippen LogP contribution in [0, 0.1) is 17.1 Å². The highest BCUT2D eigenvalue weighted by Gasteiger charge is 2.16. The number of aromatic nitrogens is 1. The third-order valence-corrected chi connectivity index (χ3v) is 4.83. The average Bonchev–Trinajstić information content (AvgIpc) is 3.15. The number of benzene rings is 2. The lowest BCUT2D eigenvalue weighted by Crippen LogP contribution is -2.21. The van der Waals surface area contributed by atoms with E-state index in [1.54, 1.807) is 11.4 Å². The standard InChI is InChI=1S/C19H11BrFN3O3S/c20-13-4-2-12(3-5-13)16-10-28-19(23-16)24-17(25)9-27-18(26)14-6-1-11(8-22)7-15(14)21/h1-7,10H,9H2,(H,23,24,25). The van der Waals surface area contributed by atoms with Gasteiger partial charge in [0.2, 0.25) is 0 Å². The van der Waals surface area contributed by atoms with Crippen molar-refractivity contribution in [3.63, 3.8) is 0 Å². The Morgan fingerprint density at radius 1 is 1.25 bits per heavy atom. The van der Waals surface area contributed by atoms with Crippen molar-refractivity contribution in [1.29, 1.82) is 5.26 Å². The van der Waals surface area contributed by atoms with E-state index in [0.717, 1.165) is 22.2 Å². The third-order valence-electron chi connectivity index (χ3n) is 3.54. The number of nitriles is 1. The molecule has 1 aromatic heterocycles. The number of thiazole rings is 1. The molecule has 3 aromatic rings. The summed E-state index contributed by atoms with van der Waals surface area (Å²) in [6.07, 6.45) is 0. The van der Waals surface area contributed by atoms with Crippen LogP contribution in [0.4, 0.5) is 9.52 Å². The van der Waals surface area contributed by atoms with Gasteiger partial charge in [-0.25, -0.2) is 14.2 Å². The molecule has 0 bridgehead atoms. The highest BCUT2D eigenvalue weighted by atomic mass is 79.9. The average molecular weight is 460 g/mol. The van der Waals surface area contributed by atoms with Gasteiger partial charge in [-0.3, -0.25) is 10.1 Å². The number of halogens is 2. The Morgan fingerprint density at radius 3 is 2.68 bits per heavy atom. The van der Waals surface area contributed by atoms with Crippen LogP contribution in [-0.2, 0) is 9.53 Å². The number of nitrogens with zero attached hydrogens (tertiary/aromatic N) is 2. The number of nitrogens with one attached hydrogen (secondary N) is 1. The molecule has 2 aromatic carbocycles. The van der Waals surface area contributed by atoms with Gasteiger partial charge in [-0.1, -0.05) is 28.1 Å². The molecule has 28 heavy (non-hydrogen) atoms. The van der Waals surface area contributed by atoms with E-state index in [2.05, 4.69) is 26.2 Å². The summed E-state index contributed by atoms with van der Waals surface area (Å²) < 4.78 is 19.5. The van der Waals surface area contributed by atoms with Crippen molar-refractivity contribution in [1.82, 2.24) is 4.98 Å². The van der Waals surface area contributed by atoms with Gasteiger partial charge in [0.1, 0.15) is 5.82 Å². The van der Waals surface area contributed by atoms with Crippen molar-refractivity contribution >= 4 is 44.3 Å². The first-order valence-corrected chi connectivity index (χ1v) is 9.51. The Bertz CT molecular complexity index is 1080. The quantitative estimate of drug-likeness (QED) is 0.571. The molecule has 1 heterocycles. The number of esters is 1. The lowest BCUT2D eigenvalue weighted by Gasteiger charge is -2.05. The Balaban J connectivity index is 1.57. The van der Waals surface area contributed by atoms with Crippen LogP contribution in [0.5, 0.6) is 0 Å². The second-order valence-electron chi connectivity index (χ2n) is 5.48. The Morgan fingerprint density at radius 2 is 2.00 bits per heavy atom. The number of rotatable bonds is 5. The maximum absolute atomic E-state index is 13.8. The summed E-state index contributed by atoms with van der Waals surface area (Å²) in [7, 11) is 0. The van der Waals surface area contributed by atoms with Crippen molar-refractivity contribution in [3.05, 3.63) is 69.3 Å². The van der Waals surface area contributed by atoms with Crippen molar-refractivity contribution < 1.29 is 18.7 Å². The van der Waals surface area contributed by atoms with E-state index in [1.165, 1.54) is 17.4 Å². The number of hydrogen-bond donors (Lipinski definition) is 1. The summed E-state index contributed by atoms with van der Waals surface area (Å²) in [6, 6.07) is 12.7. The zero-order chi connectivity index (χ0) is 20.1. The third kappa shape index (κ3) is 4.79. The molecule has 1 N–H and O–H groups in total. The summed E-state index contributed by atoms with van der Waals surface area (Å²) in [5, 5.41) is 13.4. The number of hydrogen-bond acceptors (Lipinski definition) is 6. The second-order valence-corrected chi connectivity index (χ2v) is 7.25. The molecule has 9 heteroatoms. The molecule has 1 amide bonds. The highest BCUT2D eigenvalue weighted by molar-refractivity contribution is 9.10. The number of ether oxygens (including phenoxy) is 1. The first-order valence-electron chi connectivity index (χ1n) is 7.84. The van der Waals surface area contributed by atoms with E-state index in [1.807, 2.05) is 24.3 Å². The molecule has 140 valence electrons. The topological polar surface area (TPSA) is 92.1 Å². The van der Waals surface area contributed by atoms with Crippen molar-refractivity contribution in [2.24, 2.45) is 0 Å². The maximum Gasteiger partial charge on any atom is 0.341 e. The summed E-state index contributed by atoms with van der Waals surface area (Å²) in [6.45, 7) is -0.592. The van der Waals surface area contributed by atoms with Gasteiger partial charge in [0.25, 0.3) is 5.91 Å². The van der Waals surface area contributed by atoms with Gasteiger partial charge in [-0.15, -0.1) is 11.3 Å². The van der Waals surface area contributed by atoms with Crippen LogP contribution in [-0.4, -0.2) is 23.5 Å². The van der Waals surface area contributed by atoms with Crippen LogP contribution in [0.15, 0.2) is 52.3 Å². The molecule has 0 spiro atoms. The van der Waals surface area contributed by atoms with Gasteiger partial charge in [0, 0.05) is 15.4 Å². The molecule has 0 fully saturated rings. The molecule has 0 aliphatic heterocycles. The van der Waals surface area contributed by atoms with Crippen LogP contribution >= 0.6 is 27.3 Å². The molecular formula is C19H11BrFN3O3S. The minimum Gasteiger partial charge on any atom is -0.452 e. The molecule has 0 atom stereocenters. The maximum atomic E-state index is 13.8. The molecule has 0 saturated carbocycles. The zero-order valence-electron chi connectivity index (χ0n) is 14.1. The van der Waals surface area contributed by atoms with Crippen LogP contribution in [0.2, 0.25) is 0 Å². The number of amides is 1. The summed E-state index contributed by atoms with van der Waals surface area (Å²) in [5.41, 5.74) is 1.32. The Labute approximate surface area is 171 Å². The van der Waals surface area contributed by atoms with E-state index < -0.39 is 24.3 Å². The molecule has 3 rings (SSSR count). The van der Waals surface area contributed by atoms with Gasteiger partial charge in [0.05, 0.1) is 22.9 Å². The molecule has 6 nitrogen and oxygen atoms in total. The van der Waals surface area contributed by atoms with E-state index >= 15 is 0 Å². The molecule has 0 aliphatic rings. The van der Waals surface area contributed by atoms with Crippen LogP contribution in [0.25, 0.3) is 11.3 Å². The lowest BCUT2D eigenvalue weighted by atomic mass is 10.1. The predicted molar refractivity (Wildman–Crippen MR) is 105 cm³/mol. The predicted octanol–water partition coefficient (Wildman–Crippen LogP) is 4.38. The van der Waals surface area contributed by atoms with Gasteiger partial charge in [-0.2, -0.15) is 5.26 Å². The largest absolute Gasteiger partial charge is 0.452 e. The molecule has 0 saturated heterocycles. The molecule has 0 aliphatic carbocycles. The second kappa shape index (κ2) is 8.73. The lowest BCUT2D eigenvalue weighted by molar-refractivity contribution is -0.119. The molecule has 0 unspecified atom stereocenters. The van der Waals surface area contributed by atoms with E-state index in [-0.39, 0.29) is 11.1 Å². The van der Waals surface area contributed by atoms with Crippen LogP contribution in [0.1, 0.15) is 15.9 Å². The van der Waals surface area contributed by atoms with Crippen LogP contribution in [0.3, 0.4) is 0 Å². The van der Waals surface area contributed by atoms with Gasteiger partial charge >= 0.3 is 5.97 Å². The number of carbonyl (C=O) groups excluding carboxylic acids is 2.